The summed E-state index contributed by atoms with van der Waals surface area (Å²) in [6.07, 6.45) is 1.57. The highest BCUT2D eigenvalue weighted by Gasteiger charge is 2.33. The van der Waals surface area contributed by atoms with Crippen molar-refractivity contribution < 1.29 is 31.2 Å². The molecule has 1 N–H and O–H groups in total. The van der Waals surface area contributed by atoms with Crippen LogP contribution in [-0.2, 0) is 34.2 Å². The molecule has 178 valence electrons. The predicted molar refractivity (Wildman–Crippen MR) is 122 cm³/mol. The quantitative estimate of drug-likeness (QED) is 0.562. The molecular weight excluding hydrogens is 492 g/mol. The number of sulfone groups is 1. The number of carbonyl (C=O) groups is 2. The van der Waals surface area contributed by atoms with E-state index in [9.17, 15) is 26.4 Å². The molecule has 12 heteroatoms. The summed E-state index contributed by atoms with van der Waals surface area (Å²) in [6, 6.07) is 11.9. The normalized spacial score (nSPS) is 15.7. The molecule has 1 aliphatic rings. The van der Waals surface area contributed by atoms with Gasteiger partial charge in [0.2, 0.25) is 10.0 Å². The molecule has 1 fully saturated rings. The number of sulfonamides is 1. The van der Waals surface area contributed by atoms with Crippen molar-refractivity contribution in [2.24, 2.45) is 5.92 Å². The highest BCUT2D eigenvalue weighted by atomic mass is 35.5. The molecule has 1 aliphatic heterocycles. The van der Waals surface area contributed by atoms with Crippen molar-refractivity contribution in [3.8, 4) is 0 Å². The number of anilines is 1. The van der Waals surface area contributed by atoms with E-state index in [1.54, 1.807) is 18.2 Å². The van der Waals surface area contributed by atoms with Gasteiger partial charge in [-0.3, -0.25) is 9.59 Å². The molecule has 0 spiro atoms. The summed E-state index contributed by atoms with van der Waals surface area (Å²) < 4.78 is 55.1. The van der Waals surface area contributed by atoms with Crippen molar-refractivity contribution in [3.05, 3.63) is 53.6 Å². The van der Waals surface area contributed by atoms with Crippen LogP contribution in [0.3, 0.4) is 0 Å². The van der Waals surface area contributed by atoms with E-state index in [0.29, 0.717) is 0 Å². The van der Waals surface area contributed by atoms with E-state index in [-0.39, 0.29) is 46.4 Å². The van der Waals surface area contributed by atoms with Crippen LogP contribution in [0.15, 0.2) is 58.3 Å². The van der Waals surface area contributed by atoms with Gasteiger partial charge in [0.15, 0.2) is 16.4 Å². The van der Waals surface area contributed by atoms with E-state index in [0.717, 1.165) is 6.26 Å². The Kier molecular flexibility index (Phi) is 7.78. The maximum Gasteiger partial charge on any atom is 0.309 e. The van der Waals surface area contributed by atoms with Crippen LogP contribution < -0.4 is 5.32 Å². The van der Waals surface area contributed by atoms with Crippen molar-refractivity contribution in [2.75, 3.05) is 31.3 Å². The minimum Gasteiger partial charge on any atom is -0.455 e. The summed E-state index contributed by atoms with van der Waals surface area (Å²) in [5, 5.41) is 2.56. The summed E-state index contributed by atoms with van der Waals surface area (Å²) in [6.45, 7) is -0.255. The summed E-state index contributed by atoms with van der Waals surface area (Å²) in [5.41, 5.74) is 0.0834. The van der Waals surface area contributed by atoms with Crippen molar-refractivity contribution in [1.29, 1.82) is 0 Å². The third-order valence-electron chi connectivity index (χ3n) is 5.15. The van der Waals surface area contributed by atoms with Crippen molar-refractivity contribution in [1.82, 2.24) is 4.31 Å². The molecular formula is C21H23ClN2O7S2. The van der Waals surface area contributed by atoms with Gasteiger partial charge in [0.25, 0.3) is 5.91 Å². The monoisotopic (exact) mass is 514 g/mol. The largest absolute Gasteiger partial charge is 0.455 e. The fourth-order valence-electron chi connectivity index (χ4n) is 3.35. The van der Waals surface area contributed by atoms with Crippen LogP contribution in [0.25, 0.3) is 0 Å². The Balaban J connectivity index is 1.52. The van der Waals surface area contributed by atoms with E-state index in [1.807, 2.05) is 0 Å². The Morgan fingerprint density at radius 3 is 2.27 bits per heavy atom. The molecule has 0 unspecified atom stereocenters. The lowest BCUT2D eigenvalue weighted by molar-refractivity contribution is -0.152. The van der Waals surface area contributed by atoms with Gasteiger partial charge in [-0.25, -0.2) is 16.8 Å². The Bertz CT molecular complexity index is 1240. The van der Waals surface area contributed by atoms with Gasteiger partial charge >= 0.3 is 5.97 Å². The third kappa shape index (κ3) is 6.32. The second kappa shape index (κ2) is 10.2. The smallest absolute Gasteiger partial charge is 0.309 e. The summed E-state index contributed by atoms with van der Waals surface area (Å²) >= 11 is 6.00. The molecule has 0 aliphatic carbocycles. The van der Waals surface area contributed by atoms with Crippen LogP contribution in [0.4, 0.5) is 5.69 Å². The van der Waals surface area contributed by atoms with E-state index in [1.165, 1.54) is 34.6 Å². The SMILES string of the molecule is CS(=O)(=O)c1ccc(Cl)c(NC(=O)COC(=O)C2CCN(S(=O)(=O)c3ccccc3)CC2)c1. The first-order valence-electron chi connectivity index (χ1n) is 10.00. The first-order valence-corrected chi connectivity index (χ1v) is 13.7. The van der Waals surface area contributed by atoms with Crippen LogP contribution in [0.1, 0.15) is 12.8 Å². The van der Waals surface area contributed by atoms with Crippen molar-refractivity contribution in [3.63, 3.8) is 0 Å². The first kappa shape index (κ1) is 25.2. The molecule has 0 bridgehead atoms. The van der Waals surface area contributed by atoms with Gasteiger partial charge in [-0.1, -0.05) is 29.8 Å². The number of nitrogens with one attached hydrogen (secondary N) is 1. The van der Waals surface area contributed by atoms with E-state index in [2.05, 4.69) is 5.32 Å². The van der Waals surface area contributed by atoms with Gasteiger partial charge in [-0.15, -0.1) is 0 Å². The minimum atomic E-state index is -3.63. The fraction of sp³-hybridized carbons (Fsp3) is 0.333. The van der Waals surface area contributed by atoms with Gasteiger partial charge < -0.3 is 10.1 Å². The number of hydrogen-bond donors (Lipinski definition) is 1. The molecule has 9 nitrogen and oxygen atoms in total. The molecule has 2 aromatic rings. The van der Waals surface area contributed by atoms with Crippen molar-refractivity contribution in [2.45, 2.75) is 22.6 Å². The lowest BCUT2D eigenvalue weighted by Gasteiger charge is -2.30. The molecule has 33 heavy (non-hydrogen) atoms. The van der Waals surface area contributed by atoms with Crippen LogP contribution in [0.2, 0.25) is 5.02 Å². The molecule has 0 atom stereocenters. The number of halogens is 1. The highest BCUT2D eigenvalue weighted by Crippen LogP contribution is 2.26. The standard InChI is InChI=1S/C21H23ClN2O7S2/c1-32(27,28)17-7-8-18(22)19(13-17)23-20(25)14-31-21(26)15-9-11-24(12-10-15)33(29,30)16-5-3-2-4-6-16/h2-8,13,15H,9-12,14H2,1H3,(H,23,25). The van der Waals surface area contributed by atoms with Crippen LogP contribution in [0, 0.1) is 5.92 Å². The molecule has 1 heterocycles. The summed E-state index contributed by atoms with van der Waals surface area (Å²) in [4.78, 5) is 24.7. The zero-order valence-electron chi connectivity index (χ0n) is 17.7. The first-order chi connectivity index (χ1) is 15.5. The zero-order valence-corrected chi connectivity index (χ0v) is 20.1. The Morgan fingerprint density at radius 2 is 1.67 bits per heavy atom. The Hall–Kier alpha value is -2.47. The Morgan fingerprint density at radius 1 is 1.03 bits per heavy atom. The van der Waals surface area contributed by atoms with Gasteiger partial charge in [0.1, 0.15) is 0 Å². The number of carbonyl (C=O) groups excluding carboxylic acids is 2. The second-order valence-electron chi connectivity index (χ2n) is 7.56. The maximum absolute atomic E-state index is 12.7. The van der Waals surface area contributed by atoms with Gasteiger partial charge in [0.05, 0.1) is 26.4 Å². The van der Waals surface area contributed by atoms with Gasteiger partial charge in [-0.05, 0) is 43.2 Å². The molecule has 1 amide bonds. The number of amides is 1. The maximum atomic E-state index is 12.7. The van der Waals surface area contributed by atoms with Crippen LogP contribution in [-0.4, -0.2) is 59.0 Å². The highest BCUT2D eigenvalue weighted by molar-refractivity contribution is 7.90. The lowest BCUT2D eigenvalue weighted by Crippen LogP contribution is -2.40. The number of rotatable bonds is 7. The third-order valence-corrected chi connectivity index (χ3v) is 8.51. The molecule has 3 rings (SSSR count). The van der Waals surface area contributed by atoms with E-state index >= 15 is 0 Å². The lowest BCUT2D eigenvalue weighted by atomic mass is 9.98. The number of benzene rings is 2. The second-order valence-corrected chi connectivity index (χ2v) is 11.9. The van der Waals surface area contributed by atoms with Gasteiger partial charge in [-0.2, -0.15) is 4.31 Å². The van der Waals surface area contributed by atoms with E-state index in [4.69, 9.17) is 16.3 Å². The summed E-state index contributed by atoms with van der Waals surface area (Å²) in [5.74, 6) is -1.81. The van der Waals surface area contributed by atoms with Crippen molar-refractivity contribution >= 4 is 49.0 Å². The average Bonchev–Trinajstić information content (AvgIpc) is 2.79. The number of nitrogens with zero attached hydrogens (tertiary/aromatic N) is 1. The summed E-state index contributed by atoms with van der Waals surface area (Å²) in [7, 11) is -7.12. The predicted octanol–water partition coefficient (Wildman–Crippen LogP) is 2.33. The number of piperidine rings is 1. The van der Waals surface area contributed by atoms with Gasteiger partial charge in [0, 0.05) is 19.3 Å². The molecule has 0 saturated carbocycles. The molecule has 1 saturated heterocycles. The van der Waals surface area contributed by atoms with E-state index < -0.39 is 44.3 Å². The molecule has 2 aromatic carbocycles. The molecule has 0 aromatic heterocycles. The van der Waals surface area contributed by atoms with Crippen LogP contribution in [0.5, 0.6) is 0 Å². The zero-order chi connectivity index (χ0) is 24.2. The number of ether oxygens (including phenoxy) is 1. The van der Waals surface area contributed by atoms with Crippen LogP contribution >= 0.6 is 11.6 Å². The minimum absolute atomic E-state index is 0.0172. The number of hydrogen-bond acceptors (Lipinski definition) is 7. The number of esters is 1. The topological polar surface area (TPSA) is 127 Å². The Labute approximate surface area is 197 Å². The molecule has 0 radical (unpaired) electrons. The fourth-order valence-corrected chi connectivity index (χ4v) is 5.65. The average molecular weight is 515 g/mol.